The molecule has 3 heteroatoms. The Hall–Kier alpha value is -0.261. The van der Waals surface area contributed by atoms with Crippen LogP contribution in [0.5, 0.6) is 0 Å². The van der Waals surface area contributed by atoms with Gasteiger partial charge in [-0.1, -0.05) is 0 Å². The second-order valence-electron chi connectivity index (χ2n) is 3.64. The normalized spacial score (nSPS) is 11.4. The molecule has 0 spiro atoms. The molecule has 0 N–H and O–H groups in total. The first kappa shape index (κ1) is 13.2. The molecule has 0 aliphatic heterocycles. The van der Waals surface area contributed by atoms with Crippen molar-refractivity contribution < 1.29 is 0 Å². The van der Waals surface area contributed by atoms with Gasteiger partial charge in [0, 0.05) is 0 Å². The van der Waals surface area contributed by atoms with Crippen LogP contribution in [0.3, 0.4) is 0 Å². The van der Waals surface area contributed by atoms with Gasteiger partial charge in [-0.25, -0.2) is 0 Å². The Bertz CT molecular complexity index is 467. The Balaban J connectivity index is 2.51. The maximum atomic E-state index is 3.50. The molecular formula is C14H15PSSe. The van der Waals surface area contributed by atoms with E-state index >= 15 is 0 Å². The third kappa shape index (κ3) is 2.95. The minimum atomic E-state index is -1.38. The van der Waals surface area contributed by atoms with Crippen LogP contribution in [-0.2, 0) is 0 Å². The average molecular weight is 325 g/mol. The molecule has 0 aliphatic rings. The van der Waals surface area contributed by atoms with E-state index in [0.717, 1.165) is 5.75 Å². The zero-order valence-corrected chi connectivity index (χ0v) is 13.2. The third-order valence-corrected chi connectivity index (χ3v) is 12.9. The first-order valence-corrected chi connectivity index (χ1v) is 11.2. The predicted molar refractivity (Wildman–Crippen MR) is 83.0 cm³/mol. The quantitative estimate of drug-likeness (QED) is 0.613. The van der Waals surface area contributed by atoms with Crippen molar-refractivity contribution >= 4 is 41.8 Å². The zero-order chi connectivity index (χ0) is 12.1. The van der Waals surface area contributed by atoms with Crippen molar-refractivity contribution in [3.63, 3.8) is 0 Å². The Labute approximate surface area is 115 Å². The van der Waals surface area contributed by atoms with Gasteiger partial charge in [-0.05, 0) is 0 Å². The van der Waals surface area contributed by atoms with Crippen LogP contribution >= 0.6 is 16.1 Å². The van der Waals surface area contributed by atoms with E-state index in [4.69, 9.17) is 0 Å². The molecule has 2 rings (SSSR count). The standard InChI is InChI=1S/C14H15PSSe/c1-2-16-15(17,13-9-5-3-6-10-13)14-11-7-4-8-12-14/h3-12H,2H2,1H3. The van der Waals surface area contributed by atoms with Gasteiger partial charge in [0.15, 0.2) is 0 Å². The molecular weight excluding hydrogens is 310 g/mol. The van der Waals surface area contributed by atoms with Crippen molar-refractivity contribution in [1.82, 2.24) is 0 Å². The summed E-state index contributed by atoms with van der Waals surface area (Å²) in [5, 5.41) is 2.86. The molecule has 0 amide bonds. The molecule has 0 aromatic heterocycles. The zero-order valence-electron chi connectivity index (χ0n) is 9.74. The summed E-state index contributed by atoms with van der Waals surface area (Å²) in [7, 11) is 0. The first-order valence-electron chi connectivity index (χ1n) is 5.63. The van der Waals surface area contributed by atoms with E-state index in [1.54, 1.807) is 0 Å². The molecule has 0 bridgehead atoms. The van der Waals surface area contributed by atoms with Crippen LogP contribution in [-0.4, -0.2) is 20.9 Å². The molecule has 0 saturated carbocycles. The summed E-state index contributed by atoms with van der Waals surface area (Å²) < 4.78 is -1.38. The summed E-state index contributed by atoms with van der Waals surface area (Å²) in [6, 6.07) is 21.6. The van der Waals surface area contributed by atoms with E-state index in [0.29, 0.717) is 0 Å². The molecule has 17 heavy (non-hydrogen) atoms. The van der Waals surface area contributed by atoms with Gasteiger partial charge in [-0.15, -0.1) is 0 Å². The fraction of sp³-hybridized carbons (Fsp3) is 0.143. The summed E-state index contributed by atoms with van der Waals surface area (Å²) in [6.07, 6.45) is 0. The van der Waals surface area contributed by atoms with Gasteiger partial charge < -0.3 is 0 Å². The summed E-state index contributed by atoms with van der Waals surface area (Å²) >= 11 is 5.54. The van der Waals surface area contributed by atoms with Gasteiger partial charge in [0.25, 0.3) is 0 Å². The van der Waals surface area contributed by atoms with Crippen molar-refractivity contribution in [2.75, 3.05) is 5.75 Å². The molecule has 0 saturated heterocycles. The molecule has 88 valence electrons. The van der Waals surface area contributed by atoms with Crippen molar-refractivity contribution in [3.05, 3.63) is 60.7 Å². The molecule has 0 radical (unpaired) electrons. The van der Waals surface area contributed by atoms with Gasteiger partial charge in [-0.3, -0.25) is 0 Å². The van der Waals surface area contributed by atoms with Crippen LogP contribution < -0.4 is 10.6 Å². The second-order valence-corrected chi connectivity index (χ2v) is 14.0. The van der Waals surface area contributed by atoms with Gasteiger partial charge in [0.2, 0.25) is 0 Å². The second kappa shape index (κ2) is 6.07. The van der Waals surface area contributed by atoms with Crippen LogP contribution in [0.4, 0.5) is 0 Å². The van der Waals surface area contributed by atoms with Gasteiger partial charge in [-0.2, -0.15) is 0 Å². The molecule has 2 aromatic rings. The van der Waals surface area contributed by atoms with E-state index in [9.17, 15) is 0 Å². The number of rotatable bonds is 4. The van der Waals surface area contributed by atoms with Crippen LogP contribution in [0.25, 0.3) is 0 Å². The molecule has 0 atom stereocenters. The molecule has 0 aliphatic carbocycles. The molecule has 0 heterocycles. The van der Waals surface area contributed by atoms with Crippen molar-refractivity contribution in [3.8, 4) is 0 Å². The Kier molecular flexibility index (Phi) is 4.70. The van der Waals surface area contributed by atoms with E-state index in [1.165, 1.54) is 10.6 Å². The van der Waals surface area contributed by atoms with Crippen LogP contribution in [0.15, 0.2) is 60.7 Å². The molecule has 0 unspecified atom stereocenters. The minimum absolute atomic E-state index is 1.13. The van der Waals surface area contributed by atoms with Crippen molar-refractivity contribution in [1.29, 1.82) is 0 Å². The van der Waals surface area contributed by atoms with E-state index in [1.807, 2.05) is 11.4 Å². The fourth-order valence-corrected chi connectivity index (χ4v) is 10.1. The van der Waals surface area contributed by atoms with Crippen molar-refractivity contribution in [2.24, 2.45) is 0 Å². The van der Waals surface area contributed by atoms with Gasteiger partial charge >= 0.3 is 115 Å². The SMILES string of the molecule is CCSP(=[Se])(c1ccccc1)c1ccccc1. The summed E-state index contributed by atoms with van der Waals surface area (Å²) in [6.45, 7) is 2.22. The average Bonchev–Trinajstić information content (AvgIpc) is 2.41. The summed E-state index contributed by atoms with van der Waals surface area (Å²) in [5.41, 5.74) is 0. The Morgan fingerprint density at radius 2 is 1.29 bits per heavy atom. The van der Waals surface area contributed by atoms with Crippen LogP contribution in [0, 0.1) is 0 Å². The van der Waals surface area contributed by atoms with E-state index in [-0.39, 0.29) is 0 Å². The molecule has 0 nitrogen and oxygen atoms in total. The molecule has 0 fully saturated rings. The Morgan fingerprint density at radius 3 is 1.65 bits per heavy atom. The maximum absolute atomic E-state index is 3.50. The van der Waals surface area contributed by atoms with Crippen LogP contribution in [0.1, 0.15) is 6.92 Å². The van der Waals surface area contributed by atoms with E-state index in [2.05, 4.69) is 82.7 Å². The van der Waals surface area contributed by atoms with Crippen LogP contribution in [0.2, 0.25) is 0 Å². The number of benzene rings is 2. The third-order valence-electron chi connectivity index (χ3n) is 2.50. The van der Waals surface area contributed by atoms with Gasteiger partial charge in [0.1, 0.15) is 0 Å². The summed E-state index contributed by atoms with van der Waals surface area (Å²) in [5.74, 6) is 1.13. The monoisotopic (exact) mass is 326 g/mol. The topological polar surface area (TPSA) is 0 Å². The van der Waals surface area contributed by atoms with E-state index < -0.39 is 4.71 Å². The number of hydrogen-bond acceptors (Lipinski definition) is 1. The number of hydrogen-bond donors (Lipinski definition) is 0. The predicted octanol–water partition coefficient (Wildman–Crippen LogP) is 3.41. The van der Waals surface area contributed by atoms with Crippen molar-refractivity contribution in [2.45, 2.75) is 6.92 Å². The van der Waals surface area contributed by atoms with Gasteiger partial charge in [0.05, 0.1) is 0 Å². The first-order chi connectivity index (χ1) is 8.27. The summed E-state index contributed by atoms with van der Waals surface area (Å²) in [4.78, 5) is 0. The fourth-order valence-electron chi connectivity index (χ4n) is 1.73. The Morgan fingerprint density at radius 1 is 0.882 bits per heavy atom. The molecule has 2 aromatic carbocycles.